The zero-order valence-corrected chi connectivity index (χ0v) is 11.0. The highest BCUT2D eigenvalue weighted by Gasteiger charge is 2.23. The molecule has 5 heteroatoms. The van der Waals surface area contributed by atoms with Crippen LogP contribution in [-0.2, 0) is 0 Å². The Kier molecular flexibility index (Phi) is 3.97. The first kappa shape index (κ1) is 13.0. The van der Waals surface area contributed by atoms with Gasteiger partial charge in [-0.2, -0.15) is 0 Å². The average molecular weight is 243 g/mol. The van der Waals surface area contributed by atoms with E-state index in [1.54, 1.807) is 6.07 Å². The highest BCUT2D eigenvalue weighted by molar-refractivity contribution is 6.28. The van der Waals surface area contributed by atoms with E-state index < -0.39 is 0 Å². The molecule has 0 aromatic carbocycles. The van der Waals surface area contributed by atoms with E-state index >= 15 is 0 Å². The lowest BCUT2D eigenvalue weighted by atomic mass is 9.85. The smallest absolute Gasteiger partial charge is 0.226 e. The minimum atomic E-state index is 0.154. The maximum atomic E-state index is 5.75. The number of nitrogens with two attached hydrogens (primary N) is 1. The Labute approximate surface area is 102 Å². The first-order valence-corrected chi connectivity index (χ1v) is 5.77. The van der Waals surface area contributed by atoms with E-state index in [0.717, 1.165) is 6.42 Å². The molecular weight excluding hydrogens is 224 g/mol. The molecule has 0 saturated carbocycles. The van der Waals surface area contributed by atoms with Gasteiger partial charge in [-0.15, -0.1) is 0 Å². The number of halogens is 1. The van der Waals surface area contributed by atoms with Gasteiger partial charge in [-0.25, -0.2) is 9.97 Å². The molecule has 0 aliphatic rings. The summed E-state index contributed by atoms with van der Waals surface area (Å²) in [5.74, 6) is 1.06. The number of aromatic nitrogens is 2. The van der Waals surface area contributed by atoms with Crippen LogP contribution in [0.3, 0.4) is 0 Å². The van der Waals surface area contributed by atoms with E-state index in [4.69, 9.17) is 17.3 Å². The second kappa shape index (κ2) is 4.87. The molecule has 0 spiro atoms. The summed E-state index contributed by atoms with van der Waals surface area (Å²) >= 11 is 5.75. The molecule has 0 saturated heterocycles. The Balaban J connectivity index is 2.86. The molecule has 0 bridgehead atoms. The van der Waals surface area contributed by atoms with Crippen LogP contribution in [0.4, 0.5) is 11.6 Å². The van der Waals surface area contributed by atoms with Gasteiger partial charge in [0, 0.05) is 12.1 Å². The maximum absolute atomic E-state index is 5.75. The van der Waals surface area contributed by atoms with Gasteiger partial charge in [0.05, 0.1) is 0 Å². The lowest BCUT2D eigenvalue weighted by Crippen LogP contribution is -2.33. The van der Waals surface area contributed by atoms with Crippen LogP contribution in [0.1, 0.15) is 34.1 Å². The van der Waals surface area contributed by atoms with Crippen LogP contribution >= 0.6 is 11.6 Å². The van der Waals surface area contributed by atoms with Crippen molar-refractivity contribution in [1.29, 1.82) is 0 Å². The molecular formula is C11H19ClN4. The van der Waals surface area contributed by atoms with Crippen molar-refractivity contribution in [2.75, 3.05) is 11.1 Å². The Morgan fingerprint density at radius 1 is 1.44 bits per heavy atom. The molecule has 0 radical (unpaired) electrons. The molecule has 90 valence electrons. The van der Waals surface area contributed by atoms with Crippen molar-refractivity contribution < 1.29 is 0 Å². The number of hydrogen-bond acceptors (Lipinski definition) is 4. The second-order valence-corrected chi connectivity index (χ2v) is 5.26. The lowest BCUT2D eigenvalue weighted by Gasteiger charge is -2.31. The van der Waals surface area contributed by atoms with Crippen LogP contribution in [-0.4, -0.2) is 16.0 Å². The van der Waals surface area contributed by atoms with Gasteiger partial charge in [0.2, 0.25) is 5.28 Å². The van der Waals surface area contributed by atoms with Gasteiger partial charge in [0.25, 0.3) is 0 Å². The van der Waals surface area contributed by atoms with Crippen LogP contribution in [0, 0.1) is 5.41 Å². The van der Waals surface area contributed by atoms with Gasteiger partial charge in [-0.05, 0) is 23.4 Å². The predicted molar refractivity (Wildman–Crippen MR) is 68.6 cm³/mol. The largest absolute Gasteiger partial charge is 0.383 e. The summed E-state index contributed by atoms with van der Waals surface area (Å²) in [7, 11) is 0. The van der Waals surface area contributed by atoms with Crippen molar-refractivity contribution in [3.8, 4) is 0 Å². The Morgan fingerprint density at radius 2 is 2.06 bits per heavy atom. The summed E-state index contributed by atoms with van der Waals surface area (Å²) in [6.45, 7) is 8.68. The third-order valence-corrected chi connectivity index (χ3v) is 2.66. The van der Waals surface area contributed by atoms with Gasteiger partial charge in [-0.3, -0.25) is 0 Å². The number of anilines is 2. The standard InChI is InChI=1S/C11H19ClN4/c1-5-7(11(2,3)4)14-9-6-8(13)15-10(12)16-9/h6-7H,5H2,1-4H3,(H3,13,14,15,16)/t7-/m0/s1. The molecule has 1 aromatic rings. The zero-order valence-electron chi connectivity index (χ0n) is 10.2. The number of hydrogen-bond donors (Lipinski definition) is 2. The minimum absolute atomic E-state index is 0.154. The molecule has 0 aliphatic heterocycles. The fourth-order valence-corrected chi connectivity index (χ4v) is 1.81. The van der Waals surface area contributed by atoms with Crippen LogP contribution in [0.25, 0.3) is 0 Å². The summed E-state index contributed by atoms with van der Waals surface area (Å²) in [5, 5.41) is 3.51. The number of rotatable bonds is 3. The van der Waals surface area contributed by atoms with Crippen LogP contribution in [0.15, 0.2) is 6.07 Å². The first-order valence-electron chi connectivity index (χ1n) is 5.39. The van der Waals surface area contributed by atoms with Crippen LogP contribution in [0.5, 0.6) is 0 Å². The maximum Gasteiger partial charge on any atom is 0.226 e. The highest BCUT2D eigenvalue weighted by Crippen LogP contribution is 2.25. The van der Waals surface area contributed by atoms with Crippen molar-refractivity contribution in [2.24, 2.45) is 5.41 Å². The molecule has 1 aromatic heterocycles. The molecule has 0 aliphatic carbocycles. The Morgan fingerprint density at radius 3 is 2.50 bits per heavy atom. The fourth-order valence-electron chi connectivity index (χ4n) is 1.62. The van der Waals surface area contributed by atoms with E-state index in [0.29, 0.717) is 17.7 Å². The van der Waals surface area contributed by atoms with Crippen molar-refractivity contribution in [3.63, 3.8) is 0 Å². The molecule has 0 amide bonds. The summed E-state index contributed by atoms with van der Waals surface area (Å²) in [6, 6.07) is 2.01. The predicted octanol–water partition coefficient (Wildman–Crippen LogP) is 2.95. The molecule has 1 heterocycles. The molecule has 16 heavy (non-hydrogen) atoms. The van der Waals surface area contributed by atoms with Crippen molar-refractivity contribution in [2.45, 2.75) is 40.2 Å². The minimum Gasteiger partial charge on any atom is -0.383 e. The number of nitrogens with zero attached hydrogens (tertiary/aromatic N) is 2. The first-order chi connectivity index (χ1) is 7.32. The van der Waals surface area contributed by atoms with Gasteiger partial charge >= 0.3 is 0 Å². The monoisotopic (exact) mass is 242 g/mol. The third-order valence-electron chi connectivity index (χ3n) is 2.49. The van der Waals surface area contributed by atoms with E-state index in [-0.39, 0.29) is 10.7 Å². The van der Waals surface area contributed by atoms with Crippen molar-refractivity contribution in [3.05, 3.63) is 11.3 Å². The average Bonchev–Trinajstić information content (AvgIpc) is 2.10. The lowest BCUT2D eigenvalue weighted by molar-refractivity contribution is 0.333. The SMILES string of the molecule is CC[C@H](Nc1cc(N)nc(Cl)n1)C(C)(C)C. The van der Waals surface area contributed by atoms with E-state index in [1.807, 2.05) is 0 Å². The molecule has 3 N–H and O–H groups in total. The van der Waals surface area contributed by atoms with Gasteiger partial charge in [-0.1, -0.05) is 27.7 Å². The quantitative estimate of drug-likeness (QED) is 0.800. The topological polar surface area (TPSA) is 63.8 Å². The highest BCUT2D eigenvalue weighted by atomic mass is 35.5. The Bertz CT molecular complexity index is 339. The number of nitrogens with one attached hydrogen (secondary N) is 1. The number of nitrogen functional groups attached to an aromatic ring is 1. The fraction of sp³-hybridized carbons (Fsp3) is 0.636. The van der Waals surface area contributed by atoms with Crippen molar-refractivity contribution >= 4 is 23.2 Å². The van der Waals surface area contributed by atoms with Gasteiger partial charge in [0.1, 0.15) is 11.6 Å². The third kappa shape index (κ3) is 3.52. The van der Waals surface area contributed by atoms with Crippen LogP contribution < -0.4 is 11.1 Å². The second-order valence-electron chi connectivity index (χ2n) is 4.92. The van der Waals surface area contributed by atoms with E-state index in [2.05, 4.69) is 43.0 Å². The molecule has 1 atom stereocenters. The van der Waals surface area contributed by atoms with Crippen LogP contribution in [0.2, 0.25) is 5.28 Å². The molecule has 0 fully saturated rings. The van der Waals surface area contributed by atoms with Crippen molar-refractivity contribution in [1.82, 2.24) is 9.97 Å². The van der Waals surface area contributed by atoms with Gasteiger partial charge < -0.3 is 11.1 Å². The molecule has 4 nitrogen and oxygen atoms in total. The Hall–Kier alpha value is -1.03. The van der Waals surface area contributed by atoms with E-state index in [1.165, 1.54) is 0 Å². The summed E-state index contributed by atoms with van der Waals surface area (Å²) in [4.78, 5) is 7.92. The normalized spacial score (nSPS) is 13.6. The summed E-state index contributed by atoms with van der Waals surface area (Å²) in [6.07, 6.45) is 1.00. The van der Waals surface area contributed by atoms with E-state index in [9.17, 15) is 0 Å². The molecule has 1 rings (SSSR count). The zero-order chi connectivity index (χ0) is 12.3. The van der Waals surface area contributed by atoms with Gasteiger partial charge in [0.15, 0.2) is 0 Å². The molecule has 0 unspecified atom stereocenters. The summed E-state index contributed by atoms with van der Waals surface area (Å²) in [5.41, 5.74) is 5.76. The summed E-state index contributed by atoms with van der Waals surface area (Å²) < 4.78 is 0.